The van der Waals surface area contributed by atoms with Crippen LogP contribution in [0, 0.1) is 14.1 Å². The monoisotopic (exact) mass is 560 g/mol. The van der Waals surface area contributed by atoms with Gasteiger partial charge in [0.25, 0.3) is 5.91 Å². The van der Waals surface area contributed by atoms with Crippen molar-refractivity contribution in [2.45, 2.75) is 13.5 Å². The Balaban J connectivity index is 1.80. The van der Waals surface area contributed by atoms with Crippen LogP contribution in [0.1, 0.15) is 16.7 Å². The highest BCUT2D eigenvalue weighted by molar-refractivity contribution is 14.1. The molecule has 0 spiro atoms. The van der Waals surface area contributed by atoms with E-state index in [1.54, 1.807) is 6.08 Å². The lowest BCUT2D eigenvalue weighted by atomic mass is 10.1. The summed E-state index contributed by atoms with van der Waals surface area (Å²) in [4.78, 5) is 22.8. The van der Waals surface area contributed by atoms with Crippen molar-refractivity contribution in [3.8, 4) is 5.75 Å². The molecule has 0 bridgehead atoms. The van der Waals surface area contributed by atoms with Gasteiger partial charge in [0.15, 0.2) is 0 Å². The fourth-order valence-electron chi connectivity index (χ4n) is 2.41. The molecule has 1 heterocycles. The second-order valence-electron chi connectivity index (χ2n) is 5.56. The van der Waals surface area contributed by atoms with Crippen molar-refractivity contribution >= 4 is 63.2 Å². The predicted octanol–water partition coefficient (Wildman–Crippen LogP) is 3.96. The van der Waals surface area contributed by atoms with Crippen LogP contribution in [0.15, 0.2) is 42.1 Å². The van der Waals surface area contributed by atoms with Crippen molar-refractivity contribution in [2.24, 2.45) is 0 Å². The van der Waals surface area contributed by atoms with Gasteiger partial charge in [0.2, 0.25) is 0 Å². The number of aryl methyl sites for hydroxylation is 1. The van der Waals surface area contributed by atoms with Gasteiger partial charge in [-0.05, 0) is 81.4 Å². The Morgan fingerprint density at radius 2 is 1.80 bits per heavy atom. The predicted molar refractivity (Wildman–Crippen MR) is 112 cm³/mol. The minimum absolute atomic E-state index is 0.241. The summed E-state index contributed by atoms with van der Waals surface area (Å²) in [5.41, 5.74) is 3.38. The maximum absolute atomic E-state index is 11.6. The first-order chi connectivity index (χ1) is 11.9. The third-order valence-corrected chi connectivity index (χ3v) is 5.12. The van der Waals surface area contributed by atoms with Crippen molar-refractivity contribution in [2.75, 3.05) is 0 Å². The number of hydrogen-bond acceptors (Lipinski definition) is 3. The van der Waals surface area contributed by atoms with Crippen molar-refractivity contribution in [3.05, 3.63) is 65.9 Å². The van der Waals surface area contributed by atoms with Gasteiger partial charge in [-0.1, -0.05) is 29.8 Å². The molecule has 0 radical (unpaired) electrons. The van der Waals surface area contributed by atoms with Crippen LogP contribution >= 0.6 is 45.2 Å². The number of carbonyl (C=O) groups excluding carboxylic acids is 2. The fraction of sp³-hybridized carbons (Fsp3) is 0.111. The standard InChI is InChI=1S/C18H14I2N2O3/c1-10-3-2-4-11(5-10)9-25-16-13(19)6-12(7-14(16)20)8-15-17(23)22-18(24)21-15/h2-8H,9H2,1H3,(H2,21,22,23,24)/b15-8+. The summed E-state index contributed by atoms with van der Waals surface area (Å²) in [5, 5.41) is 4.67. The number of imide groups is 1. The van der Waals surface area contributed by atoms with Crippen molar-refractivity contribution in [1.29, 1.82) is 0 Å². The van der Waals surface area contributed by atoms with Gasteiger partial charge in [-0.15, -0.1) is 0 Å². The Morgan fingerprint density at radius 3 is 2.40 bits per heavy atom. The van der Waals surface area contributed by atoms with Crippen LogP contribution in [-0.4, -0.2) is 11.9 Å². The Morgan fingerprint density at radius 1 is 1.08 bits per heavy atom. The molecule has 2 aromatic carbocycles. The van der Waals surface area contributed by atoms with Gasteiger partial charge in [0.05, 0.1) is 7.14 Å². The van der Waals surface area contributed by atoms with Gasteiger partial charge in [-0.3, -0.25) is 10.1 Å². The number of urea groups is 1. The molecule has 2 N–H and O–H groups in total. The van der Waals surface area contributed by atoms with Crippen LogP contribution in [0.3, 0.4) is 0 Å². The minimum Gasteiger partial charge on any atom is -0.487 e. The largest absolute Gasteiger partial charge is 0.487 e. The van der Waals surface area contributed by atoms with Crippen LogP contribution < -0.4 is 15.4 Å². The Bertz CT molecular complexity index is 871. The van der Waals surface area contributed by atoms with Crippen LogP contribution in [0.2, 0.25) is 0 Å². The van der Waals surface area contributed by atoms with Crippen LogP contribution in [0.5, 0.6) is 5.75 Å². The first-order valence-electron chi connectivity index (χ1n) is 7.44. The summed E-state index contributed by atoms with van der Waals surface area (Å²) in [7, 11) is 0. The SMILES string of the molecule is Cc1cccc(COc2c(I)cc(/C=C3/NC(=O)NC3=O)cc2I)c1. The molecule has 3 rings (SSSR count). The van der Waals surface area contributed by atoms with Crippen LogP contribution in [0.25, 0.3) is 6.08 Å². The topological polar surface area (TPSA) is 67.4 Å². The number of ether oxygens (including phenoxy) is 1. The molecule has 0 aliphatic carbocycles. The molecule has 0 aromatic heterocycles. The van der Waals surface area contributed by atoms with E-state index in [-0.39, 0.29) is 5.70 Å². The van der Waals surface area contributed by atoms with Crippen molar-refractivity contribution in [3.63, 3.8) is 0 Å². The smallest absolute Gasteiger partial charge is 0.326 e. The van der Waals surface area contributed by atoms with E-state index in [1.807, 2.05) is 24.3 Å². The zero-order chi connectivity index (χ0) is 18.0. The number of hydrogen-bond donors (Lipinski definition) is 2. The molecule has 1 saturated heterocycles. The summed E-state index contributed by atoms with van der Waals surface area (Å²) in [6, 6.07) is 11.5. The number of benzene rings is 2. The van der Waals surface area contributed by atoms with Gasteiger partial charge in [-0.25, -0.2) is 4.79 Å². The lowest BCUT2D eigenvalue weighted by molar-refractivity contribution is -0.115. The molecule has 0 atom stereocenters. The van der Waals surface area contributed by atoms with Gasteiger partial charge in [-0.2, -0.15) is 0 Å². The lowest BCUT2D eigenvalue weighted by Crippen LogP contribution is -2.22. The van der Waals surface area contributed by atoms with Crippen molar-refractivity contribution < 1.29 is 14.3 Å². The number of halogens is 2. The number of amides is 3. The lowest BCUT2D eigenvalue weighted by Gasteiger charge is -2.12. The molecular weight excluding hydrogens is 546 g/mol. The van der Waals surface area contributed by atoms with Crippen LogP contribution in [0.4, 0.5) is 4.79 Å². The highest BCUT2D eigenvalue weighted by atomic mass is 127. The zero-order valence-corrected chi connectivity index (χ0v) is 17.5. The molecule has 128 valence electrons. The molecule has 3 amide bonds. The number of rotatable bonds is 4. The highest BCUT2D eigenvalue weighted by Gasteiger charge is 2.23. The number of carbonyl (C=O) groups is 2. The van der Waals surface area contributed by atoms with E-state index in [9.17, 15) is 9.59 Å². The summed E-state index contributed by atoms with van der Waals surface area (Å²) >= 11 is 4.42. The average molecular weight is 560 g/mol. The molecule has 7 heteroatoms. The molecule has 0 unspecified atom stereocenters. The fourth-order valence-corrected chi connectivity index (χ4v) is 4.53. The van der Waals surface area contributed by atoms with Gasteiger partial charge < -0.3 is 10.1 Å². The van der Waals surface area contributed by atoms with E-state index < -0.39 is 11.9 Å². The second kappa shape index (κ2) is 7.73. The minimum atomic E-state index is -0.501. The maximum atomic E-state index is 11.6. The third-order valence-electron chi connectivity index (χ3n) is 3.52. The van der Waals surface area contributed by atoms with Gasteiger partial charge >= 0.3 is 6.03 Å². The molecular formula is C18H14I2N2O3. The number of nitrogens with one attached hydrogen (secondary N) is 2. The van der Waals surface area contributed by atoms with E-state index >= 15 is 0 Å². The van der Waals surface area contributed by atoms with E-state index in [4.69, 9.17) is 4.74 Å². The molecule has 1 aliphatic heterocycles. The Hall–Kier alpha value is -1.62. The molecule has 2 aromatic rings. The average Bonchev–Trinajstić information content (AvgIpc) is 2.84. The Kier molecular flexibility index (Phi) is 5.62. The van der Waals surface area contributed by atoms with Crippen LogP contribution in [-0.2, 0) is 11.4 Å². The zero-order valence-electron chi connectivity index (χ0n) is 13.2. The molecule has 25 heavy (non-hydrogen) atoms. The molecule has 5 nitrogen and oxygen atoms in total. The molecule has 1 fully saturated rings. The van der Waals surface area contributed by atoms with E-state index in [0.717, 1.165) is 24.0 Å². The first-order valence-corrected chi connectivity index (χ1v) is 9.59. The van der Waals surface area contributed by atoms with E-state index in [0.29, 0.717) is 6.61 Å². The summed E-state index contributed by atoms with van der Waals surface area (Å²) in [6.45, 7) is 2.55. The summed E-state index contributed by atoms with van der Waals surface area (Å²) in [6.07, 6.45) is 1.65. The third kappa shape index (κ3) is 4.51. The quantitative estimate of drug-likeness (QED) is 0.338. The summed E-state index contributed by atoms with van der Waals surface area (Å²) < 4.78 is 7.86. The normalized spacial score (nSPS) is 15.2. The summed E-state index contributed by atoms with van der Waals surface area (Å²) in [5.74, 6) is 0.388. The maximum Gasteiger partial charge on any atom is 0.326 e. The van der Waals surface area contributed by atoms with E-state index in [1.165, 1.54) is 5.56 Å². The van der Waals surface area contributed by atoms with E-state index in [2.05, 4.69) is 74.9 Å². The van der Waals surface area contributed by atoms with Gasteiger partial charge in [0, 0.05) is 0 Å². The first kappa shape index (κ1) is 18.2. The van der Waals surface area contributed by atoms with Gasteiger partial charge in [0.1, 0.15) is 18.1 Å². The highest BCUT2D eigenvalue weighted by Crippen LogP contribution is 2.30. The molecule has 1 aliphatic rings. The Labute approximate surface area is 172 Å². The van der Waals surface area contributed by atoms with Crippen molar-refractivity contribution in [1.82, 2.24) is 10.6 Å². The molecule has 0 saturated carbocycles. The second-order valence-corrected chi connectivity index (χ2v) is 7.88.